The molecule has 0 spiro atoms. The number of anilines is 3. The molecule has 0 saturated carbocycles. The summed E-state index contributed by atoms with van der Waals surface area (Å²) in [4.78, 5) is 8.30. The number of aromatic nitrogens is 2. The highest BCUT2D eigenvalue weighted by Crippen LogP contribution is 2.31. The number of nitrogens with one attached hydrogen (secondary N) is 1. The van der Waals surface area contributed by atoms with Crippen LogP contribution in [0.15, 0.2) is 48.5 Å². The van der Waals surface area contributed by atoms with Gasteiger partial charge in [0.05, 0.1) is 11.1 Å². The van der Waals surface area contributed by atoms with E-state index < -0.39 is 11.7 Å². The number of para-hydroxylation sites is 1. The monoisotopic (exact) mass is 304 g/mol. The van der Waals surface area contributed by atoms with Gasteiger partial charge in [-0.3, -0.25) is 0 Å². The minimum absolute atomic E-state index is 0.149. The maximum atomic E-state index is 12.7. The summed E-state index contributed by atoms with van der Waals surface area (Å²) in [5.74, 6) is 0.413. The molecule has 0 unspecified atom stereocenters. The zero-order chi connectivity index (χ0) is 15.7. The molecule has 0 aliphatic heterocycles. The number of benzene rings is 2. The molecule has 3 aromatic rings. The van der Waals surface area contributed by atoms with Gasteiger partial charge in [0.15, 0.2) is 0 Å². The first-order valence-corrected chi connectivity index (χ1v) is 6.40. The van der Waals surface area contributed by atoms with E-state index in [-0.39, 0.29) is 17.5 Å². The van der Waals surface area contributed by atoms with Gasteiger partial charge < -0.3 is 11.1 Å². The highest BCUT2D eigenvalue weighted by Gasteiger charge is 2.30. The van der Waals surface area contributed by atoms with E-state index in [1.54, 1.807) is 18.2 Å². The molecule has 0 saturated heterocycles. The topological polar surface area (TPSA) is 63.8 Å². The summed E-state index contributed by atoms with van der Waals surface area (Å²) in [5.41, 5.74) is 5.95. The lowest BCUT2D eigenvalue weighted by molar-refractivity contribution is -0.137. The summed E-state index contributed by atoms with van der Waals surface area (Å²) in [6.07, 6.45) is -4.40. The minimum Gasteiger partial charge on any atom is -0.383 e. The van der Waals surface area contributed by atoms with Crippen LogP contribution in [-0.2, 0) is 6.18 Å². The van der Waals surface area contributed by atoms with Gasteiger partial charge in [0, 0.05) is 11.1 Å². The Morgan fingerprint density at radius 2 is 1.73 bits per heavy atom. The number of hydrogen-bond acceptors (Lipinski definition) is 4. The van der Waals surface area contributed by atoms with Crippen LogP contribution in [0.2, 0.25) is 0 Å². The van der Waals surface area contributed by atoms with Crippen LogP contribution in [0, 0.1) is 0 Å². The van der Waals surface area contributed by atoms with Crippen molar-refractivity contribution in [3.8, 4) is 0 Å². The van der Waals surface area contributed by atoms with Crippen molar-refractivity contribution in [2.75, 3.05) is 11.1 Å². The zero-order valence-electron chi connectivity index (χ0n) is 11.2. The predicted octanol–water partition coefficient (Wildman–Crippen LogP) is 3.97. The van der Waals surface area contributed by atoms with E-state index >= 15 is 0 Å². The maximum absolute atomic E-state index is 12.7. The van der Waals surface area contributed by atoms with Crippen molar-refractivity contribution < 1.29 is 13.2 Å². The van der Waals surface area contributed by atoms with Crippen molar-refractivity contribution in [2.45, 2.75) is 6.18 Å². The molecule has 0 aliphatic rings. The Kier molecular flexibility index (Phi) is 3.32. The average molecular weight is 304 g/mol. The third-order valence-corrected chi connectivity index (χ3v) is 3.08. The smallest absolute Gasteiger partial charge is 0.383 e. The molecule has 1 heterocycles. The zero-order valence-corrected chi connectivity index (χ0v) is 11.2. The van der Waals surface area contributed by atoms with E-state index in [0.29, 0.717) is 10.9 Å². The standard InChI is InChI=1S/C15H11F3N4/c16-15(17,18)9-4-3-5-10(8-9)20-14-21-12-7-2-1-6-11(12)13(19)22-14/h1-8H,(H3,19,20,21,22). The van der Waals surface area contributed by atoms with Crippen LogP contribution in [0.4, 0.5) is 30.6 Å². The normalized spacial score (nSPS) is 11.6. The lowest BCUT2D eigenvalue weighted by Crippen LogP contribution is -2.06. The first-order chi connectivity index (χ1) is 10.4. The SMILES string of the molecule is Nc1nc(Nc2cccc(C(F)(F)F)c2)nc2ccccc12. The van der Waals surface area contributed by atoms with Crippen molar-refractivity contribution in [3.63, 3.8) is 0 Å². The first kappa shape index (κ1) is 14.1. The molecule has 0 atom stereocenters. The lowest BCUT2D eigenvalue weighted by Gasteiger charge is -2.10. The number of fused-ring (bicyclic) bond motifs is 1. The summed E-state index contributed by atoms with van der Waals surface area (Å²) >= 11 is 0. The van der Waals surface area contributed by atoms with Crippen molar-refractivity contribution in [1.82, 2.24) is 9.97 Å². The molecule has 0 amide bonds. The third-order valence-electron chi connectivity index (χ3n) is 3.08. The number of halogens is 3. The molecule has 0 aliphatic carbocycles. The maximum Gasteiger partial charge on any atom is 0.416 e. The van der Waals surface area contributed by atoms with Gasteiger partial charge >= 0.3 is 6.18 Å². The van der Waals surface area contributed by atoms with Gasteiger partial charge in [-0.25, -0.2) is 4.98 Å². The molecule has 3 N–H and O–H groups in total. The van der Waals surface area contributed by atoms with Gasteiger partial charge in [0.1, 0.15) is 5.82 Å². The van der Waals surface area contributed by atoms with Crippen LogP contribution in [0.25, 0.3) is 10.9 Å². The molecule has 0 fully saturated rings. The van der Waals surface area contributed by atoms with Crippen LogP contribution in [-0.4, -0.2) is 9.97 Å². The molecular weight excluding hydrogens is 293 g/mol. The van der Waals surface area contributed by atoms with Crippen LogP contribution < -0.4 is 11.1 Å². The van der Waals surface area contributed by atoms with Crippen molar-refractivity contribution in [3.05, 3.63) is 54.1 Å². The molecule has 2 aromatic carbocycles. The Bertz CT molecular complexity index is 830. The summed E-state index contributed by atoms with van der Waals surface area (Å²) in [7, 11) is 0. The van der Waals surface area contributed by atoms with Crippen LogP contribution >= 0.6 is 0 Å². The molecule has 4 nitrogen and oxygen atoms in total. The first-order valence-electron chi connectivity index (χ1n) is 6.40. The Hall–Kier alpha value is -2.83. The quantitative estimate of drug-likeness (QED) is 0.752. The second-order valence-electron chi connectivity index (χ2n) is 4.65. The average Bonchev–Trinajstić information content (AvgIpc) is 2.47. The summed E-state index contributed by atoms with van der Waals surface area (Å²) in [6, 6.07) is 11.9. The number of nitrogen functional groups attached to an aromatic ring is 1. The van der Waals surface area contributed by atoms with Crippen LogP contribution in [0.1, 0.15) is 5.56 Å². The molecule has 7 heteroatoms. The minimum atomic E-state index is -4.40. The molecule has 0 radical (unpaired) electrons. The van der Waals surface area contributed by atoms with Gasteiger partial charge in [-0.1, -0.05) is 18.2 Å². The number of rotatable bonds is 2. The second kappa shape index (κ2) is 5.18. The van der Waals surface area contributed by atoms with Gasteiger partial charge in [0.25, 0.3) is 0 Å². The Morgan fingerprint density at radius 3 is 2.50 bits per heavy atom. The third kappa shape index (κ3) is 2.78. The van der Waals surface area contributed by atoms with E-state index in [0.717, 1.165) is 12.1 Å². The summed E-state index contributed by atoms with van der Waals surface area (Å²) in [6.45, 7) is 0. The molecule has 112 valence electrons. The summed E-state index contributed by atoms with van der Waals surface area (Å²) < 4.78 is 38.1. The highest BCUT2D eigenvalue weighted by atomic mass is 19.4. The van der Waals surface area contributed by atoms with Gasteiger partial charge in [-0.15, -0.1) is 0 Å². The van der Waals surface area contributed by atoms with E-state index in [9.17, 15) is 13.2 Å². The van der Waals surface area contributed by atoms with E-state index in [1.807, 2.05) is 6.07 Å². The van der Waals surface area contributed by atoms with Crippen molar-refractivity contribution in [1.29, 1.82) is 0 Å². The van der Waals surface area contributed by atoms with Gasteiger partial charge in [0.2, 0.25) is 5.95 Å². The molecule has 1 aromatic heterocycles. The fourth-order valence-corrected chi connectivity index (χ4v) is 2.06. The summed E-state index contributed by atoms with van der Waals surface area (Å²) in [5, 5.41) is 3.44. The van der Waals surface area contributed by atoms with E-state index in [4.69, 9.17) is 5.73 Å². The lowest BCUT2D eigenvalue weighted by atomic mass is 10.2. The largest absolute Gasteiger partial charge is 0.416 e. The highest BCUT2D eigenvalue weighted by molar-refractivity contribution is 5.89. The fraction of sp³-hybridized carbons (Fsp3) is 0.0667. The molecule has 3 rings (SSSR count). The van der Waals surface area contributed by atoms with Crippen LogP contribution in [0.3, 0.4) is 0 Å². The Balaban J connectivity index is 1.97. The molecular formula is C15H11F3N4. The number of hydrogen-bond donors (Lipinski definition) is 2. The van der Waals surface area contributed by atoms with Gasteiger partial charge in [-0.05, 0) is 30.3 Å². The van der Waals surface area contributed by atoms with E-state index in [2.05, 4.69) is 15.3 Å². The van der Waals surface area contributed by atoms with Gasteiger partial charge in [-0.2, -0.15) is 18.2 Å². The number of nitrogens with zero attached hydrogens (tertiary/aromatic N) is 2. The number of alkyl halides is 3. The van der Waals surface area contributed by atoms with Crippen LogP contribution in [0.5, 0.6) is 0 Å². The van der Waals surface area contributed by atoms with Crippen molar-refractivity contribution >= 4 is 28.4 Å². The van der Waals surface area contributed by atoms with Crippen molar-refractivity contribution in [2.24, 2.45) is 0 Å². The van der Waals surface area contributed by atoms with E-state index in [1.165, 1.54) is 12.1 Å². The Labute approximate surface area is 123 Å². The Morgan fingerprint density at radius 1 is 0.955 bits per heavy atom. The second-order valence-corrected chi connectivity index (χ2v) is 4.65. The predicted molar refractivity (Wildman–Crippen MR) is 78.7 cm³/mol. The molecule has 0 bridgehead atoms. The number of nitrogens with two attached hydrogens (primary N) is 1. The molecule has 22 heavy (non-hydrogen) atoms. The fourth-order valence-electron chi connectivity index (χ4n) is 2.06.